The molecule has 1 aliphatic rings. The van der Waals surface area contributed by atoms with Gasteiger partial charge in [-0.25, -0.2) is 4.79 Å². The van der Waals surface area contributed by atoms with E-state index in [1.807, 2.05) is 0 Å². The summed E-state index contributed by atoms with van der Waals surface area (Å²) in [5, 5.41) is 13.2. The van der Waals surface area contributed by atoms with Crippen molar-refractivity contribution < 1.29 is 19.4 Å². The van der Waals surface area contributed by atoms with Gasteiger partial charge in [-0.05, 0) is 17.2 Å². The smallest absolute Gasteiger partial charge is 0.358 e. The molecule has 1 rings (SSSR count). The Balaban J connectivity index is 3.00. The molecule has 2 N–H and O–H groups in total. The third-order valence-electron chi connectivity index (χ3n) is 2.45. The van der Waals surface area contributed by atoms with Crippen LogP contribution < -0.4 is 5.32 Å². The Kier molecular flexibility index (Phi) is 4.61. The lowest BCUT2D eigenvalue weighted by atomic mass is 10.4. The molecule has 1 heterocycles. The standard InChI is InChI=1S/C12H17NO4S/c1-9(2)13-8-18(12(16)17-3)6-4-5-10(18)7-11(14)15/h4-6,13H,1,7-8H2,2-3H3,(H,14,15). The fourth-order valence-corrected chi connectivity index (χ4v) is 4.29. The van der Waals surface area contributed by atoms with Gasteiger partial charge in [0.15, 0.2) is 0 Å². The van der Waals surface area contributed by atoms with Gasteiger partial charge in [-0.2, -0.15) is 0 Å². The number of rotatable bonds is 5. The van der Waals surface area contributed by atoms with Crippen LogP contribution in [0.4, 0.5) is 4.79 Å². The zero-order valence-electron chi connectivity index (χ0n) is 10.4. The van der Waals surface area contributed by atoms with Gasteiger partial charge >= 0.3 is 11.3 Å². The van der Waals surface area contributed by atoms with Crippen LogP contribution in [0.5, 0.6) is 0 Å². The molecule has 0 aromatic rings. The van der Waals surface area contributed by atoms with Crippen molar-refractivity contribution in [3.63, 3.8) is 0 Å². The molecule has 5 nitrogen and oxygen atoms in total. The Bertz CT molecular complexity index is 441. The van der Waals surface area contributed by atoms with Gasteiger partial charge in [-0.1, -0.05) is 28.8 Å². The molecule has 0 saturated carbocycles. The van der Waals surface area contributed by atoms with E-state index in [-0.39, 0.29) is 6.42 Å². The summed E-state index contributed by atoms with van der Waals surface area (Å²) in [4.78, 5) is 23.4. The second kappa shape index (κ2) is 5.77. The molecular formula is C12H17NO4S. The van der Waals surface area contributed by atoms with Crippen molar-refractivity contribution >= 4 is 21.3 Å². The van der Waals surface area contributed by atoms with Gasteiger partial charge in [0.25, 0.3) is 0 Å². The number of nitrogens with one attached hydrogen (secondary N) is 1. The quantitative estimate of drug-likeness (QED) is 0.751. The Morgan fingerprint density at radius 3 is 2.72 bits per heavy atom. The van der Waals surface area contributed by atoms with Crippen molar-refractivity contribution in [3.8, 4) is 0 Å². The van der Waals surface area contributed by atoms with Crippen molar-refractivity contribution in [2.24, 2.45) is 0 Å². The maximum atomic E-state index is 12.0. The van der Waals surface area contributed by atoms with Gasteiger partial charge < -0.3 is 15.2 Å². The number of carbonyl (C=O) groups is 2. The lowest BCUT2D eigenvalue weighted by Crippen LogP contribution is -2.24. The number of allylic oxidation sites excluding steroid dienone is 3. The highest BCUT2D eigenvalue weighted by molar-refractivity contribution is 8.50. The largest absolute Gasteiger partial charge is 0.481 e. The van der Waals surface area contributed by atoms with Gasteiger partial charge in [-0.3, -0.25) is 4.79 Å². The van der Waals surface area contributed by atoms with E-state index in [1.54, 1.807) is 24.5 Å². The van der Waals surface area contributed by atoms with E-state index < -0.39 is 21.3 Å². The van der Waals surface area contributed by atoms with Gasteiger partial charge in [-0.15, -0.1) is 0 Å². The Morgan fingerprint density at radius 1 is 1.56 bits per heavy atom. The highest BCUT2D eigenvalue weighted by Gasteiger charge is 2.38. The van der Waals surface area contributed by atoms with Gasteiger partial charge in [0.2, 0.25) is 0 Å². The first kappa shape index (κ1) is 14.4. The molecule has 100 valence electrons. The number of aliphatic carboxylic acids is 1. The first-order valence-electron chi connectivity index (χ1n) is 5.30. The number of methoxy groups -OCH3 is 1. The molecule has 0 amide bonds. The first-order chi connectivity index (χ1) is 8.42. The molecule has 1 atom stereocenters. The molecule has 1 aliphatic heterocycles. The van der Waals surface area contributed by atoms with E-state index in [0.717, 1.165) is 5.70 Å². The highest BCUT2D eigenvalue weighted by atomic mass is 32.3. The summed E-state index contributed by atoms with van der Waals surface area (Å²) in [7, 11) is -0.746. The van der Waals surface area contributed by atoms with Crippen molar-refractivity contribution in [1.82, 2.24) is 5.32 Å². The minimum absolute atomic E-state index is 0.157. The van der Waals surface area contributed by atoms with Crippen molar-refractivity contribution in [2.45, 2.75) is 13.3 Å². The highest BCUT2D eigenvalue weighted by Crippen LogP contribution is 2.61. The number of carbonyl (C=O) groups excluding carboxylic acids is 1. The zero-order chi connectivity index (χ0) is 13.8. The molecule has 0 spiro atoms. The minimum Gasteiger partial charge on any atom is -0.481 e. The molecule has 18 heavy (non-hydrogen) atoms. The maximum absolute atomic E-state index is 12.0. The van der Waals surface area contributed by atoms with Crippen LogP contribution in [0.15, 0.2) is 34.7 Å². The summed E-state index contributed by atoms with van der Waals surface area (Å²) in [5.74, 6) is -0.633. The summed E-state index contributed by atoms with van der Waals surface area (Å²) >= 11 is 0. The zero-order valence-corrected chi connectivity index (χ0v) is 11.3. The second-order valence-electron chi connectivity index (χ2n) is 3.88. The summed E-state index contributed by atoms with van der Waals surface area (Å²) in [6.45, 7) is 5.49. The lowest BCUT2D eigenvalue weighted by Gasteiger charge is -2.33. The molecule has 0 aromatic carbocycles. The fourth-order valence-electron chi connectivity index (χ4n) is 1.57. The first-order valence-corrected chi connectivity index (χ1v) is 7.16. The van der Waals surface area contributed by atoms with E-state index in [4.69, 9.17) is 9.84 Å². The summed E-state index contributed by atoms with van der Waals surface area (Å²) in [5.41, 5.74) is 0.723. The molecule has 1 unspecified atom stereocenters. The molecule has 6 heteroatoms. The third-order valence-corrected chi connectivity index (χ3v) is 5.65. The normalized spacial score (nSPS) is 24.9. The van der Waals surface area contributed by atoms with Crippen LogP contribution in [0.1, 0.15) is 13.3 Å². The second-order valence-corrected chi connectivity index (χ2v) is 6.89. The Morgan fingerprint density at radius 2 is 2.22 bits per heavy atom. The van der Waals surface area contributed by atoms with E-state index >= 15 is 0 Å². The summed E-state index contributed by atoms with van der Waals surface area (Å²) in [6.07, 6.45) is 3.24. The van der Waals surface area contributed by atoms with Crippen molar-refractivity contribution in [2.75, 3.05) is 13.0 Å². The average molecular weight is 271 g/mol. The van der Waals surface area contributed by atoms with Crippen LogP contribution >= 0.6 is 10.0 Å². The Hall–Kier alpha value is -1.69. The van der Waals surface area contributed by atoms with Gasteiger partial charge in [0.1, 0.15) is 0 Å². The number of carboxylic acid groups (broad SMARTS) is 1. The molecule has 0 fully saturated rings. The lowest BCUT2D eigenvalue weighted by molar-refractivity contribution is -0.136. The van der Waals surface area contributed by atoms with E-state index in [2.05, 4.69) is 11.9 Å². The molecular weight excluding hydrogens is 254 g/mol. The van der Waals surface area contributed by atoms with Crippen LogP contribution in [0.2, 0.25) is 0 Å². The van der Waals surface area contributed by atoms with Gasteiger partial charge in [0.05, 0.1) is 19.4 Å². The topological polar surface area (TPSA) is 75.6 Å². The van der Waals surface area contributed by atoms with Crippen LogP contribution in [0, 0.1) is 0 Å². The predicted octanol–water partition coefficient (Wildman–Crippen LogP) is 2.52. The third kappa shape index (κ3) is 2.95. The van der Waals surface area contributed by atoms with Crippen LogP contribution in [0.3, 0.4) is 0 Å². The van der Waals surface area contributed by atoms with E-state index in [1.165, 1.54) is 7.11 Å². The Labute approximate surface area is 108 Å². The monoisotopic (exact) mass is 271 g/mol. The molecule has 0 radical (unpaired) electrons. The molecule has 0 bridgehead atoms. The number of hydrogen-bond donors (Lipinski definition) is 2. The average Bonchev–Trinajstić information content (AvgIpc) is 2.69. The van der Waals surface area contributed by atoms with Gasteiger partial charge in [0, 0.05) is 5.70 Å². The maximum Gasteiger partial charge on any atom is 0.358 e. The summed E-state index contributed by atoms with van der Waals surface area (Å²) < 4.78 is 4.83. The minimum atomic E-state index is -2.05. The SMILES string of the molecule is C=C(C)NCS1(C(=O)OC)C=CC=C1CC(=O)O. The van der Waals surface area contributed by atoms with Crippen LogP contribution in [0.25, 0.3) is 0 Å². The van der Waals surface area contributed by atoms with E-state index in [9.17, 15) is 9.59 Å². The molecule has 0 saturated heterocycles. The van der Waals surface area contributed by atoms with Crippen molar-refractivity contribution in [1.29, 1.82) is 0 Å². The van der Waals surface area contributed by atoms with Crippen molar-refractivity contribution in [3.05, 3.63) is 34.7 Å². The van der Waals surface area contributed by atoms with Crippen LogP contribution in [-0.4, -0.2) is 29.4 Å². The van der Waals surface area contributed by atoms with E-state index in [0.29, 0.717) is 10.8 Å². The number of carboxylic acids is 1. The molecule has 0 aliphatic carbocycles. The number of hydrogen-bond acceptors (Lipinski definition) is 4. The summed E-state index contributed by atoms with van der Waals surface area (Å²) in [6, 6.07) is 0. The van der Waals surface area contributed by atoms with Crippen LogP contribution in [-0.2, 0) is 9.53 Å². The predicted molar refractivity (Wildman–Crippen MR) is 72.3 cm³/mol. The fraction of sp³-hybridized carbons (Fsp3) is 0.333. The number of ether oxygens (including phenoxy) is 1. The molecule has 0 aromatic heterocycles.